The molecule has 2 heterocycles. The molecule has 1 aromatic carbocycles. The van der Waals surface area contributed by atoms with Crippen molar-refractivity contribution in [2.45, 2.75) is 33.2 Å². The Hall–Kier alpha value is -3.42. The summed E-state index contributed by atoms with van der Waals surface area (Å²) in [6.07, 6.45) is 0.957. The van der Waals surface area contributed by atoms with Crippen molar-refractivity contribution in [2.24, 2.45) is 0 Å². The minimum Gasteiger partial charge on any atom is -0.543 e. The highest BCUT2D eigenvalue weighted by Gasteiger charge is 2.20. The molecule has 2 aromatic heterocycles. The molecule has 0 fully saturated rings. The van der Waals surface area contributed by atoms with Gasteiger partial charge in [0.2, 0.25) is 5.76 Å². The minimum absolute atomic E-state index is 0.0475. The van der Waals surface area contributed by atoms with Crippen LogP contribution < -0.4 is 16.0 Å². The Morgan fingerprint density at radius 2 is 1.78 bits per heavy atom. The van der Waals surface area contributed by atoms with Gasteiger partial charge in [-0.3, -0.25) is 9.59 Å². The SMILES string of the molecule is CCCc1c2oc(C(=O)O)cc(=O)c2cc2c(=O)cc(C(=O)[O-])n(CC)c12. The first-order valence-corrected chi connectivity index (χ1v) is 8.42. The lowest BCUT2D eigenvalue weighted by Crippen LogP contribution is -2.29. The van der Waals surface area contributed by atoms with Crippen LogP contribution in [0.3, 0.4) is 0 Å². The third kappa shape index (κ3) is 2.88. The quantitative estimate of drug-likeness (QED) is 0.667. The van der Waals surface area contributed by atoms with Crippen molar-refractivity contribution < 1.29 is 24.2 Å². The summed E-state index contributed by atoms with van der Waals surface area (Å²) in [5.41, 5.74) is -0.652. The van der Waals surface area contributed by atoms with E-state index >= 15 is 0 Å². The Labute approximate surface area is 152 Å². The summed E-state index contributed by atoms with van der Waals surface area (Å²) in [5, 5.41) is 20.9. The number of aryl methyl sites for hydroxylation is 2. The second kappa shape index (κ2) is 6.71. The van der Waals surface area contributed by atoms with Crippen LogP contribution in [-0.4, -0.2) is 21.6 Å². The van der Waals surface area contributed by atoms with Crippen molar-refractivity contribution >= 4 is 33.8 Å². The number of carbonyl (C=O) groups excluding carboxylic acids is 1. The standard InChI is InChI=1S/C19H17NO7/c1-3-5-9-16-10(13(21)7-12(18(23)24)20(16)4-2)6-11-14(22)8-15(19(25)26)27-17(9)11/h6-8H,3-5H2,1-2H3,(H,23,24)(H,25,26)/p-1. The molecule has 0 radical (unpaired) electrons. The Bertz CT molecular complexity index is 1220. The van der Waals surface area contributed by atoms with Gasteiger partial charge in [0.05, 0.1) is 22.6 Å². The van der Waals surface area contributed by atoms with Crippen LogP contribution in [0.2, 0.25) is 0 Å². The molecule has 3 aromatic rings. The highest BCUT2D eigenvalue weighted by Crippen LogP contribution is 2.28. The molecule has 0 unspecified atom stereocenters. The van der Waals surface area contributed by atoms with Crippen LogP contribution in [0.15, 0.2) is 32.2 Å². The van der Waals surface area contributed by atoms with Crippen molar-refractivity contribution in [2.75, 3.05) is 0 Å². The smallest absolute Gasteiger partial charge is 0.371 e. The van der Waals surface area contributed by atoms with Crippen LogP contribution in [0.4, 0.5) is 0 Å². The van der Waals surface area contributed by atoms with Crippen LogP contribution in [0.25, 0.3) is 21.9 Å². The number of rotatable bonds is 5. The average molecular weight is 370 g/mol. The zero-order chi connectivity index (χ0) is 19.9. The zero-order valence-electron chi connectivity index (χ0n) is 14.7. The summed E-state index contributed by atoms with van der Waals surface area (Å²) in [5.74, 6) is -3.42. The first-order chi connectivity index (χ1) is 12.8. The number of carboxylic acids is 2. The molecule has 8 heteroatoms. The van der Waals surface area contributed by atoms with E-state index < -0.39 is 28.6 Å². The van der Waals surface area contributed by atoms with Gasteiger partial charge in [0.15, 0.2) is 10.9 Å². The minimum atomic E-state index is -1.50. The maximum Gasteiger partial charge on any atom is 0.371 e. The van der Waals surface area contributed by atoms with Gasteiger partial charge in [-0.1, -0.05) is 13.3 Å². The van der Waals surface area contributed by atoms with Crippen LogP contribution >= 0.6 is 0 Å². The highest BCUT2D eigenvalue weighted by atomic mass is 16.4. The summed E-state index contributed by atoms with van der Waals surface area (Å²) in [4.78, 5) is 47.7. The lowest BCUT2D eigenvalue weighted by Gasteiger charge is -2.19. The van der Waals surface area contributed by atoms with Gasteiger partial charge in [0.1, 0.15) is 5.58 Å². The summed E-state index contributed by atoms with van der Waals surface area (Å²) < 4.78 is 6.86. The van der Waals surface area contributed by atoms with Gasteiger partial charge >= 0.3 is 5.97 Å². The molecule has 0 aliphatic carbocycles. The van der Waals surface area contributed by atoms with Crippen molar-refractivity contribution in [3.63, 3.8) is 0 Å². The maximum absolute atomic E-state index is 12.5. The summed E-state index contributed by atoms with van der Waals surface area (Å²) in [6, 6.07) is 3.16. The molecule has 0 amide bonds. The number of benzene rings is 1. The van der Waals surface area contributed by atoms with Gasteiger partial charge in [0, 0.05) is 29.6 Å². The van der Waals surface area contributed by atoms with Crippen LogP contribution in [0.5, 0.6) is 0 Å². The number of hydrogen-bond donors (Lipinski definition) is 1. The first-order valence-electron chi connectivity index (χ1n) is 8.42. The molecule has 0 aliphatic rings. The molecule has 3 rings (SSSR count). The molecule has 0 saturated heterocycles. The molecule has 140 valence electrons. The lowest BCUT2D eigenvalue weighted by molar-refractivity contribution is -0.255. The molecule has 1 N–H and O–H groups in total. The predicted molar refractivity (Wildman–Crippen MR) is 95.2 cm³/mol. The van der Waals surface area contributed by atoms with Gasteiger partial charge in [-0.05, 0) is 19.4 Å². The summed E-state index contributed by atoms with van der Waals surface area (Å²) in [7, 11) is 0. The lowest BCUT2D eigenvalue weighted by atomic mass is 10.00. The van der Waals surface area contributed by atoms with Gasteiger partial charge in [0.25, 0.3) is 0 Å². The number of carbonyl (C=O) groups is 2. The van der Waals surface area contributed by atoms with Crippen LogP contribution in [0, 0.1) is 0 Å². The van der Waals surface area contributed by atoms with Crippen LogP contribution in [-0.2, 0) is 13.0 Å². The normalized spacial score (nSPS) is 11.2. The van der Waals surface area contributed by atoms with Gasteiger partial charge in [-0.25, -0.2) is 4.79 Å². The highest BCUT2D eigenvalue weighted by molar-refractivity contribution is 6.00. The fourth-order valence-electron chi connectivity index (χ4n) is 3.33. The van der Waals surface area contributed by atoms with E-state index in [4.69, 9.17) is 4.42 Å². The van der Waals surface area contributed by atoms with Gasteiger partial charge in [-0.2, -0.15) is 0 Å². The van der Waals surface area contributed by atoms with Crippen molar-refractivity contribution in [1.29, 1.82) is 0 Å². The number of fused-ring (bicyclic) bond motifs is 2. The second-order valence-corrected chi connectivity index (χ2v) is 6.08. The summed E-state index contributed by atoms with van der Waals surface area (Å²) in [6.45, 7) is 3.80. The van der Waals surface area contributed by atoms with E-state index in [-0.39, 0.29) is 28.6 Å². The molecule has 0 spiro atoms. The summed E-state index contributed by atoms with van der Waals surface area (Å²) >= 11 is 0. The zero-order valence-corrected chi connectivity index (χ0v) is 14.7. The number of nitrogens with zero attached hydrogens (tertiary/aromatic N) is 1. The molecular formula is C19H16NO7-. The van der Waals surface area contributed by atoms with Gasteiger partial charge in [-0.15, -0.1) is 0 Å². The molecule has 0 aliphatic heterocycles. The monoisotopic (exact) mass is 370 g/mol. The van der Waals surface area contributed by atoms with Crippen molar-refractivity contribution in [1.82, 2.24) is 4.57 Å². The van der Waals surface area contributed by atoms with Crippen molar-refractivity contribution in [3.8, 4) is 0 Å². The van der Waals surface area contributed by atoms with E-state index in [2.05, 4.69) is 0 Å². The van der Waals surface area contributed by atoms with Gasteiger partial charge < -0.3 is 24.0 Å². The number of aromatic nitrogens is 1. The molecule has 0 atom stereocenters. The second-order valence-electron chi connectivity index (χ2n) is 6.08. The van der Waals surface area contributed by atoms with E-state index in [0.717, 1.165) is 12.1 Å². The molecule has 0 saturated carbocycles. The largest absolute Gasteiger partial charge is 0.543 e. The molecule has 8 nitrogen and oxygen atoms in total. The number of hydrogen-bond acceptors (Lipinski definition) is 6. The number of aromatic carboxylic acids is 2. The van der Waals surface area contributed by atoms with Crippen molar-refractivity contribution in [3.05, 3.63) is 55.7 Å². The predicted octanol–water partition coefficient (Wildman–Crippen LogP) is 1.14. The number of carboxylic acid groups (broad SMARTS) is 2. The van der Waals surface area contributed by atoms with Crippen LogP contribution in [0.1, 0.15) is 46.9 Å². The van der Waals surface area contributed by atoms with E-state index in [1.54, 1.807) is 6.92 Å². The average Bonchev–Trinajstić information content (AvgIpc) is 2.62. The fourth-order valence-corrected chi connectivity index (χ4v) is 3.33. The first kappa shape index (κ1) is 18.4. The number of pyridine rings is 1. The Morgan fingerprint density at radius 1 is 1.11 bits per heavy atom. The van der Waals surface area contributed by atoms with E-state index in [1.807, 2.05) is 6.92 Å². The topological polar surface area (TPSA) is 130 Å². The molecule has 27 heavy (non-hydrogen) atoms. The third-order valence-corrected chi connectivity index (χ3v) is 4.42. The molecular weight excluding hydrogens is 354 g/mol. The van der Waals surface area contributed by atoms with E-state index in [1.165, 1.54) is 10.6 Å². The Kier molecular flexibility index (Phi) is 4.57. The molecule has 0 bridgehead atoms. The Balaban J connectivity index is 2.66. The van der Waals surface area contributed by atoms with E-state index in [0.29, 0.717) is 23.9 Å². The third-order valence-electron chi connectivity index (χ3n) is 4.42. The van der Waals surface area contributed by atoms with E-state index in [9.17, 15) is 29.4 Å². The fraction of sp³-hybridized carbons (Fsp3) is 0.263. The maximum atomic E-state index is 12.5. The Morgan fingerprint density at radius 3 is 2.33 bits per heavy atom.